The predicted molar refractivity (Wildman–Crippen MR) is 40.0 cm³/mol. The smallest absolute Gasteiger partial charge is 0.421 e. The average molecular weight is 159 g/mol. The first kappa shape index (κ1) is 8.29. The van der Waals surface area contributed by atoms with E-state index in [0.717, 1.165) is 24.5 Å². The first-order valence-corrected chi connectivity index (χ1v) is 3.56. The quantitative estimate of drug-likeness (QED) is 0.309. The van der Waals surface area contributed by atoms with Gasteiger partial charge in [-0.15, -0.1) is 0 Å². The van der Waals surface area contributed by atoms with Crippen LogP contribution in [0.4, 0.5) is 4.79 Å². The summed E-state index contributed by atoms with van der Waals surface area (Å²) in [6, 6.07) is -0.0301. The summed E-state index contributed by atoms with van der Waals surface area (Å²) in [5.74, 6) is 5.29. The first-order valence-electron chi connectivity index (χ1n) is 3.56. The van der Waals surface area contributed by atoms with Crippen LogP contribution in [0.25, 0.3) is 0 Å². The summed E-state index contributed by atoms with van der Waals surface area (Å²) in [4.78, 5) is 12.4. The van der Waals surface area contributed by atoms with E-state index >= 15 is 0 Å². The summed E-state index contributed by atoms with van der Waals surface area (Å²) < 4.78 is 0. The van der Waals surface area contributed by atoms with Crippen molar-refractivity contribution in [1.82, 2.24) is 9.91 Å². The molecule has 0 aromatic carbocycles. The molecule has 3 N–H and O–H groups in total. The van der Waals surface area contributed by atoms with E-state index in [1.54, 1.807) is 0 Å². The lowest BCUT2D eigenvalue weighted by Gasteiger charge is -2.19. The van der Waals surface area contributed by atoms with Gasteiger partial charge in [-0.3, -0.25) is 0 Å². The Morgan fingerprint density at radius 1 is 1.82 bits per heavy atom. The highest BCUT2D eigenvalue weighted by Crippen LogP contribution is 2.10. The van der Waals surface area contributed by atoms with E-state index < -0.39 is 6.09 Å². The van der Waals surface area contributed by atoms with Crippen molar-refractivity contribution in [3.05, 3.63) is 0 Å². The third-order valence-corrected chi connectivity index (χ3v) is 1.98. The lowest BCUT2D eigenvalue weighted by molar-refractivity contribution is 0.126. The van der Waals surface area contributed by atoms with Crippen molar-refractivity contribution in [2.45, 2.75) is 12.5 Å². The normalized spacial score (nSPS) is 25.5. The molecule has 0 aliphatic carbocycles. The van der Waals surface area contributed by atoms with Crippen molar-refractivity contribution in [1.29, 1.82) is 0 Å². The molecule has 11 heavy (non-hydrogen) atoms. The van der Waals surface area contributed by atoms with Crippen molar-refractivity contribution in [3.8, 4) is 0 Å². The summed E-state index contributed by atoms with van der Waals surface area (Å²) >= 11 is 0. The molecule has 1 rings (SSSR count). The van der Waals surface area contributed by atoms with Gasteiger partial charge >= 0.3 is 6.09 Å². The van der Waals surface area contributed by atoms with Crippen LogP contribution >= 0.6 is 0 Å². The van der Waals surface area contributed by atoms with Crippen LogP contribution in [-0.4, -0.2) is 47.3 Å². The Balaban J connectivity index is 2.43. The fourth-order valence-electron chi connectivity index (χ4n) is 1.29. The minimum Gasteiger partial charge on any atom is -0.464 e. The van der Waals surface area contributed by atoms with Crippen molar-refractivity contribution in [2.75, 3.05) is 20.1 Å². The van der Waals surface area contributed by atoms with Crippen LogP contribution in [0.1, 0.15) is 6.42 Å². The summed E-state index contributed by atoms with van der Waals surface area (Å²) in [5.41, 5.74) is 0. The van der Waals surface area contributed by atoms with Gasteiger partial charge in [0, 0.05) is 6.54 Å². The minimum absolute atomic E-state index is 0.0301. The number of rotatable bonds is 1. The molecule has 0 radical (unpaired) electrons. The van der Waals surface area contributed by atoms with Gasteiger partial charge in [-0.25, -0.2) is 15.6 Å². The number of likely N-dealkylation sites (N-methyl/N-ethyl adjacent to an activating group) is 1. The Morgan fingerprint density at radius 3 is 2.82 bits per heavy atom. The van der Waals surface area contributed by atoms with Gasteiger partial charge in [0.15, 0.2) is 0 Å². The molecule has 0 aromatic heterocycles. The zero-order valence-corrected chi connectivity index (χ0v) is 6.53. The fourth-order valence-corrected chi connectivity index (χ4v) is 1.29. The van der Waals surface area contributed by atoms with E-state index in [1.807, 2.05) is 7.05 Å². The number of nitrogens with zero attached hydrogens (tertiary/aromatic N) is 2. The largest absolute Gasteiger partial charge is 0.464 e. The Kier molecular flexibility index (Phi) is 2.31. The van der Waals surface area contributed by atoms with Gasteiger partial charge in [0.05, 0.1) is 6.04 Å². The molecule has 1 fully saturated rings. The zero-order chi connectivity index (χ0) is 8.43. The molecule has 1 amide bonds. The molecule has 1 aliphatic rings. The van der Waals surface area contributed by atoms with Gasteiger partial charge < -0.3 is 10.0 Å². The van der Waals surface area contributed by atoms with E-state index in [1.165, 1.54) is 0 Å². The highest BCUT2D eigenvalue weighted by molar-refractivity contribution is 5.64. The topological polar surface area (TPSA) is 69.8 Å². The molecule has 0 saturated carbocycles. The monoisotopic (exact) mass is 159 g/mol. The lowest BCUT2D eigenvalue weighted by Crippen LogP contribution is -2.45. The zero-order valence-electron chi connectivity index (χ0n) is 6.53. The number of amides is 1. The molecule has 1 saturated heterocycles. The Morgan fingerprint density at radius 2 is 2.45 bits per heavy atom. The maximum Gasteiger partial charge on any atom is 0.421 e. The van der Waals surface area contributed by atoms with Crippen LogP contribution in [0, 0.1) is 0 Å². The molecule has 64 valence electrons. The minimum atomic E-state index is -1.05. The van der Waals surface area contributed by atoms with Gasteiger partial charge in [0.25, 0.3) is 0 Å². The van der Waals surface area contributed by atoms with Gasteiger partial charge in [-0.05, 0) is 20.0 Å². The van der Waals surface area contributed by atoms with E-state index in [2.05, 4.69) is 4.90 Å². The number of hydrogen-bond donors (Lipinski definition) is 2. The number of likely N-dealkylation sites (tertiary alicyclic amines) is 1. The second-order valence-electron chi connectivity index (χ2n) is 2.89. The third kappa shape index (κ3) is 1.81. The van der Waals surface area contributed by atoms with Crippen LogP contribution in [-0.2, 0) is 0 Å². The lowest BCUT2D eigenvalue weighted by atomic mass is 10.2. The second-order valence-corrected chi connectivity index (χ2v) is 2.89. The molecule has 5 heteroatoms. The number of hydrogen-bond acceptors (Lipinski definition) is 3. The van der Waals surface area contributed by atoms with Gasteiger partial charge in [0.1, 0.15) is 0 Å². The SMILES string of the molecule is CN1CC[C@H](N(N)C(=O)O)C1. The van der Waals surface area contributed by atoms with Crippen molar-refractivity contribution < 1.29 is 9.90 Å². The van der Waals surface area contributed by atoms with Crippen LogP contribution in [0.15, 0.2) is 0 Å². The maximum atomic E-state index is 10.4. The van der Waals surface area contributed by atoms with Crippen LogP contribution in [0.3, 0.4) is 0 Å². The Labute approximate surface area is 65.3 Å². The van der Waals surface area contributed by atoms with Gasteiger partial charge in [-0.1, -0.05) is 0 Å². The molecule has 1 aliphatic heterocycles. The first-order chi connectivity index (χ1) is 5.11. The maximum absolute atomic E-state index is 10.4. The molecule has 0 bridgehead atoms. The molecular formula is C6H13N3O2. The summed E-state index contributed by atoms with van der Waals surface area (Å²) in [7, 11) is 1.95. The third-order valence-electron chi connectivity index (χ3n) is 1.98. The molecule has 0 unspecified atom stereocenters. The second kappa shape index (κ2) is 3.06. The number of hydrazine groups is 1. The molecular weight excluding hydrogens is 146 g/mol. The van der Waals surface area contributed by atoms with Gasteiger partial charge in [-0.2, -0.15) is 0 Å². The summed E-state index contributed by atoms with van der Waals surface area (Å²) in [6.07, 6.45) is -0.218. The molecule has 0 aromatic rings. The predicted octanol–water partition coefficient (Wildman–Crippen LogP) is -0.456. The molecule has 5 nitrogen and oxygen atoms in total. The van der Waals surface area contributed by atoms with Gasteiger partial charge in [0.2, 0.25) is 0 Å². The highest BCUT2D eigenvalue weighted by Gasteiger charge is 2.26. The summed E-state index contributed by atoms with van der Waals surface area (Å²) in [5, 5.41) is 9.40. The number of carboxylic acid groups (broad SMARTS) is 1. The molecule has 1 heterocycles. The van der Waals surface area contributed by atoms with E-state index in [9.17, 15) is 4.79 Å². The average Bonchev–Trinajstić information content (AvgIpc) is 2.34. The van der Waals surface area contributed by atoms with Crippen molar-refractivity contribution >= 4 is 6.09 Å². The van der Waals surface area contributed by atoms with E-state index in [4.69, 9.17) is 10.9 Å². The van der Waals surface area contributed by atoms with Crippen LogP contribution in [0.2, 0.25) is 0 Å². The van der Waals surface area contributed by atoms with Crippen molar-refractivity contribution in [2.24, 2.45) is 5.84 Å². The summed E-state index contributed by atoms with van der Waals surface area (Å²) in [6.45, 7) is 1.66. The van der Waals surface area contributed by atoms with E-state index in [0.29, 0.717) is 0 Å². The number of carbonyl (C=O) groups is 1. The fraction of sp³-hybridized carbons (Fsp3) is 0.833. The molecule has 1 atom stereocenters. The highest BCUT2D eigenvalue weighted by atomic mass is 16.4. The standard InChI is InChI=1S/C6H13N3O2/c1-8-3-2-5(4-8)9(7)6(10)11/h5H,2-4,7H2,1H3,(H,10,11)/t5-/m0/s1. The van der Waals surface area contributed by atoms with Crippen LogP contribution in [0.5, 0.6) is 0 Å². The van der Waals surface area contributed by atoms with Crippen LogP contribution < -0.4 is 5.84 Å². The van der Waals surface area contributed by atoms with E-state index in [-0.39, 0.29) is 6.04 Å². The Bertz CT molecular complexity index is 162. The Hall–Kier alpha value is -0.810. The number of nitrogens with two attached hydrogens (primary N) is 1. The molecule has 0 spiro atoms. The van der Waals surface area contributed by atoms with Crippen molar-refractivity contribution in [3.63, 3.8) is 0 Å².